The first-order valence-electron chi connectivity index (χ1n) is 9.70. The molecule has 1 atom stereocenters. The fourth-order valence-electron chi connectivity index (χ4n) is 3.43. The van der Waals surface area contributed by atoms with Crippen molar-refractivity contribution >= 4 is 29.3 Å². The monoisotopic (exact) mass is 407 g/mol. The van der Waals surface area contributed by atoms with E-state index in [0.29, 0.717) is 35.4 Å². The van der Waals surface area contributed by atoms with Crippen LogP contribution in [0, 0.1) is 12.8 Å². The lowest BCUT2D eigenvalue weighted by atomic mass is 9.94. The maximum atomic E-state index is 13.0. The highest BCUT2D eigenvalue weighted by atomic mass is 16.5. The molecule has 0 saturated heterocycles. The van der Waals surface area contributed by atoms with E-state index in [1.165, 1.54) is 17.3 Å². The number of carbonyl (C=O) groups is 2. The van der Waals surface area contributed by atoms with Gasteiger partial charge in [0.15, 0.2) is 6.21 Å². The minimum atomic E-state index is -0.349. The van der Waals surface area contributed by atoms with Gasteiger partial charge in [0, 0.05) is 20.3 Å². The molecule has 1 aliphatic heterocycles. The van der Waals surface area contributed by atoms with Crippen LogP contribution < -0.4 is 21.2 Å². The molecule has 3 rings (SSSR count). The largest absolute Gasteiger partial charge is 0.492 e. The Morgan fingerprint density at radius 3 is 2.67 bits per heavy atom. The summed E-state index contributed by atoms with van der Waals surface area (Å²) in [4.78, 5) is 27.2. The van der Waals surface area contributed by atoms with E-state index in [-0.39, 0.29) is 17.7 Å². The van der Waals surface area contributed by atoms with Gasteiger partial charge >= 0.3 is 0 Å². The fourth-order valence-corrected chi connectivity index (χ4v) is 3.43. The van der Waals surface area contributed by atoms with Gasteiger partial charge in [-0.2, -0.15) is 0 Å². The summed E-state index contributed by atoms with van der Waals surface area (Å²) in [5, 5.41) is 8.52. The molecule has 0 spiro atoms. The molecule has 0 radical (unpaired) electrons. The van der Waals surface area contributed by atoms with E-state index in [1.807, 2.05) is 25.1 Å². The SMILES string of the molecule is Cc1ccc2c(c1)CC(C(=O)Nc1ccc(/C(C=[NH2+])=C/N)cc1C(=O)N(C)C)CO2. The van der Waals surface area contributed by atoms with E-state index in [4.69, 9.17) is 15.9 Å². The molecule has 7 nitrogen and oxygen atoms in total. The number of aryl methyl sites for hydroxylation is 1. The molecular formula is C23H27N4O3+. The summed E-state index contributed by atoms with van der Waals surface area (Å²) in [6.07, 6.45) is 3.33. The van der Waals surface area contributed by atoms with Gasteiger partial charge in [-0.15, -0.1) is 0 Å². The van der Waals surface area contributed by atoms with Gasteiger partial charge in [0.2, 0.25) is 5.91 Å². The van der Waals surface area contributed by atoms with Gasteiger partial charge in [-0.25, -0.2) is 0 Å². The van der Waals surface area contributed by atoms with E-state index in [0.717, 1.165) is 16.9 Å². The van der Waals surface area contributed by atoms with Crippen molar-refractivity contribution in [2.45, 2.75) is 13.3 Å². The zero-order valence-corrected chi connectivity index (χ0v) is 17.4. The van der Waals surface area contributed by atoms with E-state index >= 15 is 0 Å². The van der Waals surface area contributed by atoms with Crippen LogP contribution in [0.15, 0.2) is 42.6 Å². The molecule has 2 aromatic carbocycles. The maximum absolute atomic E-state index is 13.0. The molecule has 0 saturated carbocycles. The summed E-state index contributed by atoms with van der Waals surface area (Å²) in [5.74, 6) is 0.0406. The standard InChI is InChI=1S/C23H26N4O3/c1-14-4-7-21-16(8-14)9-17(13-30-21)22(28)26-20-6-5-15(18(11-24)12-25)10-19(20)23(29)27(2)3/h4-8,10-12,17,24H,9,13,25H2,1-3H3,(H,26,28)/p+1/b18-12+,24-11?. The molecule has 1 unspecified atom stereocenters. The van der Waals surface area contributed by atoms with Crippen LogP contribution in [0.2, 0.25) is 0 Å². The number of carbonyl (C=O) groups excluding carboxylic acids is 2. The fraction of sp³-hybridized carbons (Fsp3) is 0.261. The van der Waals surface area contributed by atoms with Gasteiger partial charge in [0.05, 0.1) is 22.7 Å². The molecule has 30 heavy (non-hydrogen) atoms. The molecule has 2 aromatic rings. The zero-order valence-electron chi connectivity index (χ0n) is 17.4. The summed E-state index contributed by atoms with van der Waals surface area (Å²) in [7, 11) is 3.31. The number of anilines is 1. The Morgan fingerprint density at radius 1 is 1.23 bits per heavy atom. The lowest BCUT2D eigenvalue weighted by molar-refractivity contribution is -0.121. The van der Waals surface area contributed by atoms with Crippen molar-refractivity contribution in [2.75, 3.05) is 26.0 Å². The molecule has 1 aliphatic rings. The molecule has 0 aromatic heterocycles. The first-order valence-corrected chi connectivity index (χ1v) is 9.70. The topological polar surface area (TPSA) is 110 Å². The molecule has 2 amide bonds. The highest BCUT2D eigenvalue weighted by molar-refractivity contribution is 6.09. The summed E-state index contributed by atoms with van der Waals surface area (Å²) in [6, 6.07) is 11.1. The van der Waals surface area contributed by atoms with Gasteiger partial charge in [-0.1, -0.05) is 23.8 Å². The number of amides is 2. The molecule has 0 fully saturated rings. The normalized spacial score (nSPS) is 15.6. The Kier molecular flexibility index (Phi) is 6.20. The maximum Gasteiger partial charge on any atom is 0.255 e. The zero-order chi connectivity index (χ0) is 21.8. The van der Waals surface area contributed by atoms with Crippen LogP contribution in [-0.2, 0) is 11.2 Å². The number of benzene rings is 2. The van der Waals surface area contributed by atoms with Crippen LogP contribution in [0.25, 0.3) is 5.57 Å². The van der Waals surface area contributed by atoms with Crippen LogP contribution in [0.1, 0.15) is 27.0 Å². The molecular weight excluding hydrogens is 380 g/mol. The van der Waals surface area contributed by atoms with Crippen LogP contribution in [0.5, 0.6) is 5.75 Å². The van der Waals surface area contributed by atoms with Crippen LogP contribution in [0.3, 0.4) is 0 Å². The van der Waals surface area contributed by atoms with E-state index in [9.17, 15) is 9.59 Å². The van der Waals surface area contributed by atoms with Crippen molar-refractivity contribution in [3.8, 4) is 5.75 Å². The lowest BCUT2D eigenvalue weighted by Crippen LogP contribution is -2.33. The molecule has 7 heteroatoms. The summed E-state index contributed by atoms with van der Waals surface area (Å²) < 4.78 is 5.77. The molecule has 0 bridgehead atoms. The van der Waals surface area contributed by atoms with Crippen LogP contribution in [-0.4, -0.2) is 43.6 Å². The highest BCUT2D eigenvalue weighted by Gasteiger charge is 2.27. The van der Waals surface area contributed by atoms with Gasteiger partial charge in [-0.05, 0) is 42.7 Å². The predicted molar refractivity (Wildman–Crippen MR) is 117 cm³/mol. The van der Waals surface area contributed by atoms with Gasteiger partial charge in [0.25, 0.3) is 5.91 Å². The number of nitrogens with zero attached hydrogens (tertiary/aromatic N) is 1. The average Bonchev–Trinajstić information content (AvgIpc) is 2.74. The highest BCUT2D eigenvalue weighted by Crippen LogP contribution is 2.29. The Labute approximate surface area is 176 Å². The minimum Gasteiger partial charge on any atom is -0.492 e. The third-order valence-corrected chi connectivity index (χ3v) is 5.10. The number of nitrogens with one attached hydrogen (secondary N) is 1. The van der Waals surface area contributed by atoms with Crippen molar-refractivity contribution in [3.05, 3.63) is 64.9 Å². The second-order valence-corrected chi connectivity index (χ2v) is 7.56. The van der Waals surface area contributed by atoms with Crippen molar-refractivity contribution in [1.82, 2.24) is 4.90 Å². The van der Waals surface area contributed by atoms with Gasteiger partial charge < -0.3 is 20.7 Å². The number of hydrogen-bond donors (Lipinski definition) is 3. The molecule has 0 aliphatic carbocycles. The molecule has 5 N–H and O–H groups in total. The summed E-state index contributed by atoms with van der Waals surface area (Å²) >= 11 is 0. The van der Waals surface area contributed by atoms with Crippen molar-refractivity contribution < 1.29 is 19.7 Å². The van der Waals surface area contributed by atoms with E-state index < -0.39 is 0 Å². The number of rotatable bonds is 5. The van der Waals surface area contributed by atoms with Gasteiger partial charge in [-0.3, -0.25) is 15.0 Å². The average molecular weight is 407 g/mol. The Hall–Kier alpha value is -3.61. The first kappa shape index (κ1) is 21.1. The Balaban J connectivity index is 1.87. The Morgan fingerprint density at radius 2 is 2.00 bits per heavy atom. The van der Waals surface area contributed by atoms with E-state index in [1.54, 1.807) is 32.3 Å². The predicted octanol–water partition coefficient (Wildman–Crippen LogP) is 1.02. The first-order chi connectivity index (χ1) is 14.3. The van der Waals surface area contributed by atoms with Crippen molar-refractivity contribution in [2.24, 2.45) is 11.7 Å². The number of nitrogens with two attached hydrogens (primary N) is 2. The third-order valence-electron chi connectivity index (χ3n) is 5.10. The number of hydrogen-bond acceptors (Lipinski definition) is 4. The smallest absolute Gasteiger partial charge is 0.255 e. The third kappa shape index (κ3) is 4.35. The quantitative estimate of drug-likeness (QED) is 0.643. The Bertz CT molecular complexity index is 1030. The minimum absolute atomic E-state index is 0.192. The summed E-state index contributed by atoms with van der Waals surface area (Å²) in [5.41, 5.74) is 9.82. The van der Waals surface area contributed by atoms with E-state index in [2.05, 4.69) is 5.32 Å². The second-order valence-electron chi connectivity index (χ2n) is 7.56. The molecule has 1 heterocycles. The molecule has 156 valence electrons. The number of fused-ring (bicyclic) bond motifs is 1. The number of ether oxygens (including phenoxy) is 1. The summed E-state index contributed by atoms with van der Waals surface area (Å²) in [6.45, 7) is 2.30. The van der Waals surface area contributed by atoms with Gasteiger partial charge in [0.1, 0.15) is 12.4 Å². The second kappa shape index (κ2) is 8.82. The lowest BCUT2D eigenvalue weighted by Gasteiger charge is -2.25. The number of allylic oxidation sites excluding steroid dienone is 1. The van der Waals surface area contributed by atoms with Crippen LogP contribution in [0.4, 0.5) is 5.69 Å². The van der Waals surface area contributed by atoms with Crippen molar-refractivity contribution in [3.63, 3.8) is 0 Å². The van der Waals surface area contributed by atoms with Crippen LogP contribution >= 0.6 is 0 Å². The van der Waals surface area contributed by atoms with Crippen molar-refractivity contribution in [1.29, 1.82) is 0 Å².